The van der Waals surface area contributed by atoms with Gasteiger partial charge in [-0.25, -0.2) is 0 Å². The molecule has 0 saturated heterocycles. The van der Waals surface area contributed by atoms with Gasteiger partial charge in [-0.05, 0) is 44.4 Å². The van der Waals surface area contributed by atoms with Gasteiger partial charge in [-0.1, -0.05) is 181 Å². The molecule has 0 aromatic heterocycles. The molecule has 0 aliphatic carbocycles. The molecular formula is C38H74O2. The summed E-state index contributed by atoms with van der Waals surface area (Å²) in [5.41, 5.74) is 0. The lowest BCUT2D eigenvalue weighted by Gasteiger charge is -2.06. The lowest BCUT2D eigenvalue weighted by atomic mass is 10.0. The summed E-state index contributed by atoms with van der Waals surface area (Å²) in [5, 5.41) is 0. The number of allylic oxidation sites excluding steroid dienone is 2. The number of carbonyl (C=O) groups is 1. The molecule has 0 spiro atoms. The molecule has 2 nitrogen and oxygen atoms in total. The Morgan fingerprint density at radius 1 is 0.500 bits per heavy atom. The molecular weight excluding hydrogens is 488 g/mol. The Bertz CT molecular complexity index is 510. The van der Waals surface area contributed by atoms with Crippen LogP contribution in [0.4, 0.5) is 0 Å². The first-order valence-corrected chi connectivity index (χ1v) is 18.5. The Morgan fingerprint density at radius 2 is 0.875 bits per heavy atom. The number of ether oxygens (including phenoxy) is 1. The van der Waals surface area contributed by atoms with Crippen LogP contribution in [0.5, 0.6) is 0 Å². The van der Waals surface area contributed by atoms with Gasteiger partial charge in [0.1, 0.15) is 0 Å². The molecule has 0 bridgehead atoms. The van der Waals surface area contributed by atoms with E-state index in [1.54, 1.807) is 0 Å². The highest BCUT2D eigenvalue weighted by Crippen LogP contribution is 2.15. The van der Waals surface area contributed by atoms with Gasteiger partial charge in [0.15, 0.2) is 0 Å². The molecule has 238 valence electrons. The fourth-order valence-electron chi connectivity index (χ4n) is 5.55. The number of esters is 1. The SMILES string of the molecule is CCCCCC/C=C\CCCCCCCCCCCC(=O)OCCCCCCCCCCCCCCCC(C)C. The van der Waals surface area contributed by atoms with Gasteiger partial charge in [-0.2, -0.15) is 0 Å². The highest BCUT2D eigenvalue weighted by Gasteiger charge is 2.03. The second-order valence-electron chi connectivity index (χ2n) is 13.0. The number of rotatable bonds is 33. The number of unbranched alkanes of at least 4 members (excludes halogenated alkanes) is 25. The van der Waals surface area contributed by atoms with Crippen molar-refractivity contribution in [2.45, 2.75) is 213 Å². The molecule has 0 rings (SSSR count). The Labute approximate surface area is 253 Å². The predicted octanol–water partition coefficient (Wildman–Crippen LogP) is 13.5. The molecule has 0 radical (unpaired) electrons. The number of hydrogen-bond acceptors (Lipinski definition) is 2. The zero-order chi connectivity index (χ0) is 29.2. The third kappa shape index (κ3) is 35.2. The van der Waals surface area contributed by atoms with Gasteiger partial charge >= 0.3 is 5.97 Å². The average Bonchev–Trinajstić information content (AvgIpc) is 2.94. The lowest BCUT2D eigenvalue weighted by molar-refractivity contribution is -0.143. The summed E-state index contributed by atoms with van der Waals surface area (Å²) in [6.07, 6.45) is 44.2. The minimum absolute atomic E-state index is 0.0231. The molecule has 0 amide bonds. The van der Waals surface area contributed by atoms with Crippen molar-refractivity contribution in [1.29, 1.82) is 0 Å². The van der Waals surface area contributed by atoms with E-state index in [9.17, 15) is 4.79 Å². The van der Waals surface area contributed by atoms with Crippen LogP contribution in [0.3, 0.4) is 0 Å². The maximum atomic E-state index is 11.9. The molecule has 0 atom stereocenters. The largest absolute Gasteiger partial charge is 0.466 e. The van der Waals surface area contributed by atoms with Crippen LogP contribution in [-0.2, 0) is 9.53 Å². The molecule has 0 unspecified atom stereocenters. The molecule has 0 aliphatic heterocycles. The molecule has 0 fully saturated rings. The van der Waals surface area contributed by atoms with E-state index in [1.807, 2.05) is 0 Å². The second-order valence-corrected chi connectivity index (χ2v) is 13.0. The van der Waals surface area contributed by atoms with Crippen LogP contribution in [0, 0.1) is 5.92 Å². The van der Waals surface area contributed by atoms with E-state index in [-0.39, 0.29) is 5.97 Å². The molecule has 0 saturated carbocycles. The van der Waals surface area contributed by atoms with Gasteiger partial charge in [-0.3, -0.25) is 4.79 Å². The molecule has 40 heavy (non-hydrogen) atoms. The van der Waals surface area contributed by atoms with Crippen LogP contribution in [-0.4, -0.2) is 12.6 Å². The zero-order valence-electron chi connectivity index (χ0n) is 28.0. The number of hydrogen-bond donors (Lipinski definition) is 0. The van der Waals surface area contributed by atoms with E-state index in [2.05, 4.69) is 32.9 Å². The van der Waals surface area contributed by atoms with E-state index in [1.165, 1.54) is 173 Å². The first-order valence-electron chi connectivity index (χ1n) is 18.5. The van der Waals surface area contributed by atoms with Crippen molar-refractivity contribution in [3.05, 3.63) is 12.2 Å². The van der Waals surface area contributed by atoms with E-state index in [0.717, 1.165) is 18.8 Å². The third-order valence-electron chi connectivity index (χ3n) is 8.33. The summed E-state index contributed by atoms with van der Waals surface area (Å²) >= 11 is 0. The molecule has 0 aromatic rings. The zero-order valence-corrected chi connectivity index (χ0v) is 28.0. The van der Waals surface area contributed by atoms with E-state index < -0.39 is 0 Å². The van der Waals surface area contributed by atoms with E-state index >= 15 is 0 Å². The van der Waals surface area contributed by atoms with Crippen molar-refractivity contribution in [1.82, 2.24) is 0 Å². The van der Waals surface area contributed by atoms with Crippen LogP contribution >= 0.6 is 0 Å². The van der Waals surface area contributed by atoms with Gasteiger partial charge in [0.25, 0.3) is 0 Å². The topological polar surface area (TPSA) is 26.3 Å². The molecule has 0 N–H and O–H groups in total. The normalized spacial score (nSPS) is 11.7. The fraction of sp³-hybridized carbons (Fsp3) is 0.921. The first kappa shape index (κ1) is 39.2. The van der Waals surface area contributed by atoms with Crippen molar-refractivity contribution >= 4 is 5.97 Å². The van der Waals surface area contributed by atoms with Crippen LogP contribution in [0.2, 0.25) is 0 Å². The van der Waals surface area contributed by atoms with Gasteiger partial charge in [-0.15, -0.1) is 0 Å². The Balaban J connectivity index is 3.18. The van der Waals surface area contributed by atoms with E-state index in [4.69, 9.17) is 4.74 Å². The molecule has 0 heterocycles. The standard InChI is InChI=1S/C38H74O2/c1-4-5-6-7-8-9-10-11-12-13-14-17-20-23-26-29-32-35-38(39)40-36-33-30-27-24-21-18-15-16-19-22-25-28-31-34-37(2)3/h9-10,37H,4-8,11-36H2,1-3H3/b10-9-. The second kappa shape index (κ2) is 34.4. The lowest BCUT2D eigenvalue weighted by Crippen LogP contribution is -2.05. The van der Waals surface area contributed by atoms with Gasteiger partial charge in [0.2, 0.25) is 0 Å². The quantitative estimate of drug-likeness (QED) is 0.0451. The van der Waals surface area contributed by atoms with Crippen LogP contribution in [0.1, 0.15) is 213 Å². The van der Waals surface area contributed by atoms with Crippen molar-refractivity contribution in [3.63, 3.8) is 0 Å². The minimum atomic E-state index is 0.0231. The third-order valence-corrected chi connectivity index (χ3v) is 8.33. The molecule has 2 heteroatoms. The van der Waals surface area contributed by atoms with Gasteiger partial charge < -0.3 is 4.74 Å². The van der Waals surface area contributed by atoms with Gasteiger partial charge in [0.05, 0.1) is 6.61 Å². The first-order chi connectivity index (χ1) is 19.7. The van der Waals surface area contributed by atoms with Crippen molar-refractivity contribution in [2.75, 3.05) is 6.61 Å². The Hall–Kier alpha value is -0.790. The van der Waals surface area contributed by atoms with Crippen LogP contribution in [0.15, 0.2) is 12.2 Å². The van der Waals surface area contributed by atoms with Gasteiger partial charge in [0, 0.05) is 6.42 Å². The molecule has 0 aliphatic rings. The highest BCUT2D eigenvalue weighted by molar-refractivity contribution is 5.69. The van der Waals surface area contributed by atoms with Crippen LogP contribution < -0.4 is 0 Å². The minimum Gasteiger partial charge on any atom is -0.466 e. The summed E-state index contributed by atoms with van der Waals surface area (Å²) in [5.74, 6) is 0.895. The van der Waals surface area contributed by atoms with Crippen LogP contribution in [0.25, 0.3) is 0 Å². The summed E-state index contributed by atoms with van der Waals surface area (Å²) in [6, 6.07) is 0. The van der Waals surface area contributed by atoms with Crippen molar-refractivity contribution in [3.8, 4) is 0 Å². The highest BCUT2D eigenvalue weighted by atomic mass is 16.5. The smallest absolute Gasteiger partial charge is 0.305 e. The summed E-state index contributed by atoms with van der Waals surface area (Å²) < 4.78 is 5.45. The van der Waals surface area contributed by atoms with E-state index in [0.29, 0.717) is 13.0 Å². The maximum absolute atomic E-state index is 11.9. The average molecular weight is 563 g/mol. The Morgan fingerprint density at radius 3 is 1.32 bits per heavy atom. The van der Waals surface area contributed by atoms with Crippen molar-refractivity contribution in [2.24, 2.45) is 5.92 Å². The number of carbonyl (C=O) groups excluding carboxylic acids is 1. The predicted molar refractivity (Wildman–Crippen MR) is 179 cm³/mol. The maximum Gasteiger partial charge on any atom is 0.305 e. The summed E-state index contributed by atoms with van der Waals surface area (Å²) in [7, 11) is 0. The fourth-order valence-corrected chi connectivity index (χ4v) is 5.55. The van der Waals surface area contributed by atoms with Crippen molar-refractivity contribution < 1.29 is 9.53 Å². The summed E-state index contributed by atoms with van der Waals surface area (Å²) in [4.78, 5) is 11.9. The molecule has 0 aromatic carbocycles. The Kier molecular flexibility index (Phi) is 33.7. The summed E-state index contributed by atoms with van der Waals surface area (Å²) in [6.45, 7) is 7.57. The monoisotopic (exact) mass is 563 g/mol.